The molecule has 0 spiro atoms. The number of rotatable bonds is 59. The van der Waals surface area contributed by atoms with E-state index in [0.717, 1.165) is 77.0 Å². The first-order chi connectivity index (χ1) is 39.2. The van der Waals surface area contributed by atoms with Gasteiger partial charge in [-0.2, -0.15) is 0 Å². The number of esters is 3. The van der Waals surface area contributed by atoms with Crippen molar-refractivity contribution >= 4 is 33.6 Å². The smallest absolute Gasteiger partial charge is 0.463 e. The number of hydrogen-bond acceptors (Lipinski definition) is 14. The van der Waals surface area contributed by atoms with Crippen molar-refractivity contribution in [2.24, 2.45) is 0 Å². The van der Waals surface area contributed by atoms with Crippen LogP contribution in [0.4, 0.5) is 0 Å². The second-order valence-corrected chi connectivity index (χ2v) is 23.8. The Hall–Kier alpha value is -3.01. The first kappa shape index (κ1) is 78.0. The van der Waals surface area contributed by atoms with Crippen LogP contribution >= 0.6 is 15.6 Å². The van der Waals surface area contributed by atoms with Crippen LogP contribution < -0.4 is 0 Å². The van der Waals surface area contributed by atoms with E-state index >= 15 is 0 Å². The van der Waals surface area contributed by atoms with Gasteiger partial charge >= 0.3 is 33.6 Å². The van der Waals surface area contributed by atoms with E-state index in [1.807, 2.05) is 18.2 Å². The lowest BCUT2D eigenvalue weighted by Crippen LogP contribution is -2.30. The Morgan fingerprint density at radius 2 is 0.654 bits per heavy atom. The van der Waals surface area contributed by atoms with Gasteiger partial charge in [0.15, 0.2) is 6.10 Å². The molecule has 0 heterocycles. The van der Waals surface area contributed by atoms with E-state index < -0.39 is 91.5 Å². The van der Waals surface area contributed by atoms with Crippen molar-refractivity contribution < 1.29 is 75.8 Å². The summed E-state index contributed by atoms with van der Waals surface area (Å²) in [5.74, 6) is -1.65. The van der Waals surface area contributed by atoms with Crippen LogP contribution in [-0.4, -0.2) is 95.9 Å². The number of allylic oxidation sites excluding steroid dienone is 12. The first-order valence-corrected chi connectivity index (χ1v) is 34.2. The minimum atomic E-state index is -4.91. The summed E-state index contributed by atoms with van der Waals surface area (Å²) in [5.41, 5.74) is 0. The van der Waals surface area contributed by atoms with Gasteiger partial charge < -0.3 is 34.2 Å². The molecule has 0 aromatic rings. The standard InChI is InChI=1S/C63H112O16P2/c1-4-7-10-13-16-19-22-24-26-27-28-29-31-33-35-37-40-43-46-49-61(66)73-52-58(64)53-75-80(69,70)76-54-59(65)55-77-81(71,72)78-57-60(79-63(68)51-48-45-42-39-34-21-18-15-12-9-6-3)56-74-62(67)50-47-44-41-38-36-32-30-25-23-20-17-14-11-8-5-2/h7,10,16,19,24,26,28-29,33,35,40,43,58-60,64-65H,4-6,8-9,11-15,17-18,20-23,25,27,30-32,34,36-39,41-42,44-57H2,1-3H3,(H,69,70)(H,71,72)/b10-7-,19-16-,26-24-,29-28-,35-33-,43-40-. The maximum absolute atomic E-state index is 12.8. The molecular weight excluding hydrogens is 1070 g/mol. The summed E-state index contributed by atoms with van der Waals surface area (Å²) < 4.78 is 60.6. The number of hydrogen-bond donors (Lipinski definition) is 4. The highest BCUT2D eigenvalue weighted by Crippen LogP contribution is 2.45. The second-order valence-electron chi connectivity index (χ2n) is 20.8. The van der Waals surface area contributed by atoms with Gasteiger partial charge in [-0.1, -0.05) is 248 Å². The van der Waals surface area contributed by atoms with Crippen molar-refractivity contribution in [3.05, 3.63) is 72.9 Å². The molecule has 0 aliphatic carbocycles. The van der Waals surface area contributed by atoms with Crippen LogP contribution in [0.3, 0.4) is 0 Å². The lowest BCUT2D eigenvalue weighted by atomic mass is 10.0. The third kappa shape index (κ3) is 58.6. The average Bonchev–Trinajstić information content (AvgIpc) is 3.44. The quantitative estimate of drug-likeness (QED) is 0.0146. The number of phosphoric ester groups is 2. The van der Waals surface area contributed by atoms with Crippen LogP contribution in [0.2, 0.25) is 0 Å². The molecule has 4 N–H and O–H groups in total. The summed E-state index contributed by atoms with van der Waals surface area (Å²) in [6, 6.07) is 0. The van der Waals surface area contributed by atoms with Crippen molar-refractivity contribution in [1.82, 2.24) is 0 Å². The highest BCUT2D eigenvalue weighted by atomic mass is 31.2. The van der Waals surface area contributed by atoms with Crippen molar-refractivity contribution in [1.29, 1.82) is 0 Å². The number of phosphoric acid groups is 2. The number of unbranched alkanes of at least 4 members (excludes halogenated alkanes) is 24. The van der Waals surface area contributed by atoms with Gasteiger partial charge in [0.25, 0.3) is 0 Å². The molecule has 0 aliphatic heterocycles. The molecular formula is C63H112O16P2. The van der Waals surface area contributed by atoms with Gasteiger partial charge in [0.05, 0.1) is 26.4 Å². The highest BCUT2D eigenvalue weighted by molar-refractivity contribution is 7.47. The fourth-order valence-electron chi connectivity index (χ4n) is 8.18. The molecule has 0 radical (unpaired) electrons. The van der Waals surface area contributed by atoms with Gasteiger partial charge in [-0.25, -0.2) is 9.13 Å². The van der Waals surface area contributed by atoms with Crippen LogP contribution in [0.15, 0.2) is 72.9 Å². The summed E-state index contributed by atoms with van der Waals surface area (Å²) in [6.07, 6.45) is 57.0. The summed E-state index contributed by atoms with van der Waals surface area (Å²) in [4.78, 5) is 58.1. The van der Waals surface area contributed by atoms with E-state index in [9.17, 15) is 43.5 Å². The van der Waals surface area contributed by atoms with Crippen molar-refractivity contribution in [2.45, 2.75) is 270 Å². The van der Waals surface area contributed by atoms with Gasteiger partial charge in [0.2, 0.25) is 0 Å². The molecule has 0 rings (SSSR count). The predicted octanol–water partition coefficient (Wildman–Crippen LogP) is 16.4. The maximum atomic E-state index is 12.8. The zero-order valence-electron chi connectivity index (χ0n) is 50.4. The van der Waals surface area contributed by atoms with E-state index in [1.165, 1.54) is 109 Å². The molecule has 0 aromatic carbocycles. The van der Waals surface area contributed by atoms with Crippen molar-refractivity contribution in [3.8, 4) is 0 Å². The molecule has 0 saturated heterocycles. The third-order valence-corrected chi connectivity index (χ3v) is 14.9. The van der Waals surface area contributed by atoms with Crippen LogP contribution in [0, 0.1) is 0 Å². The zero-order valence-corrected chi connectivity index (χ0v) is 52.2. The van der Waals surface area contributed by atoms with Gasteiger partial charge in [0.1, 0.15) is 25.4 Å². The van der Waals surface area contributed by atoms with E-state index in [0.29, 0.717) is 25.7 Å². The lowest BCUT2D eigenvalue weighted by molar-refractivity contribution is -0.161. The Balaban J connectivity index is 4.66. The molecule has 0 aliphatic rings. The molecule has 16 nitrogen and oxygen atoms in total. The largest absolute Gasteiger partial charge is 0.472 e. The fraction of sp³-hybridized carbons (Fsp3) is 0.762. The van der Waals surface area contributed by atoms with E-state index in [-0.39, 0.29) is 19.3 Å². The molecule has 0 saturated carbocycles. The molecule has 5 unspecified atom stereocenters. The number of carbonyl (C=O) groups excluding carboxylic acids is 3. The maximum Gasteiger partial charge on any atom is 0.472 e. The topological polar surface area (TPSA) is 231 Å². The highest BCUT2D eigenvalue weighted by Gasteiger charge is 2.29. The molecule has 470 valence electrons. The normalized spacial score (nSPS) is 14.9. The van der Waals surface area contributed by atoms with Crippen LogP contribution in [0.5, 0.6) is 0 Å². The second kappa shape index (κ2) is 57.4. The number of ether oxygens (including phenoxy) is 3. The summed E-state index contributed by atoms with van der Waals surface area (Å²) in [6.45, 7) is 2.46. The van der Waals surface area contributed by atoms with E-state index in [4.69, 9.17) is 32.3 Å². The fourth-order valence-corrected chi connectivity index (χ4v) is 9.77. The molecule has 18 heteroatoms. The summed E-state index contributed by atoms with van der Waals surface area (Å²) in [5, 5.41) is 20.4. The van der Waals surface area contributed by atoms with Gasteiger partial charge in [-0.05, 0) is 57.8 Å². The minimum absolute atomic E-state index is 0.0612. The molecule has 81 heavy (non-hydrogen) atoms. The molecule has 0 aromatic heterocycles. The Kier molecular flexibility index (Phi) is 55.3. The Morgan fingerprint density at radius 3 is 1.04 bits per heavy atom. The minimum Gasteiger partial charge on any atom is -0.463 e. The monoisotopic (exact) mass is 1190 g/mol. The van der Waals surface area contributed by atoms with Gasteiger partial charge in [-0.3, -0.25) is 32.5 Å². The van der Waals surface area contributed by atoms with Gasteiger partial charge in [0, 0.05) is 19.3 Å². The molecule has 0 amide bonds. The van der Waals surface area contributed by atoms with E-state index in [1.54, 1.807) is 0 Å². The number of aliphatic hydroxyl groups excluding tert-OH is 2. The van der Waals surface area contributed by atoms with E-state index in [2.05, 4.69) is 75.5 Å². The van der Waals surface area contributed by atoms with Crippen molar-refractivity contribution in [3.63, 3.8) is 0 Å². The van der Waals surface area contributed by atoms with Gasteiger partial charge in [-0.15, -0.1) is 0 Å². The molecule has 0 bridgehead atoms. The molecule has 5 atom stereocenters. The summed E-state index contributed by atoms with van der Waals surface area (Å²) in [7, 11) is -9.77. The number of aliphatic hydroxyl groups is 2. The SMILES string of the molecule is CC/C=C\C/C=C\C/C=C\C/C=C\C/C=C\C/C=C\CCC(=O)OCC(O)COP(=O)(O)OCC(O)COP(=O)(O)OCC(COC(=O)CCCCCCCCCCCCCCCCC)OC(=O)CCCCCCCCCCCCC. The zero-order chi connectivity index (χ0) is 59.6. The van der Waals surface area contributed by atoms with Crippen LogP contribution in [0.1, 0.15) is 252 Å². The molecule has 0 fully saturated rings. The first-order valence-electron chi connectivity index (χ1n) is 31.2. The van der Waals surface area contributed by atoms with Crippen LogP contribution in [-0.2, 0) is 55.8 Å². The predicted molar refractivity (Wildman–Crippen MR) is 325 cm³/mol. The Bertz CT molecular complexity index is 1780. The van der Waals surface area contributed by atoms with Crippen LogP contribution in [0.25, 0.3) is 0 Å². The summed E-state index contributed by atoms with van der Waals surface area (Å²) >= 11 is 0. The average molecular weight is 1190 g/mol. The Labute approximate surface area is 490 Å². The Morgan fingerprint density at radius 1 is 0.358 bits per heavy atom. The third-order valence-electron chi connectivity index (χ3n) is 13.0. The lowest BCUT2D eigenvalue weighted by Gasteiger charge is -2.21. The van der Waals surface area contributed by atoms with Crippen molar-refractivity contribution in [2.75, 3.05) is 39.6 Å². The number of carbonyl (C=O) groups is 3.